The second-order valence-corrected chi connectivity index (χ2v) is 5.27. The molecule has 21 heavy (non-hydrogen) atoms. The lowest BCUT2D eigenvalue weighted by atomic mass is 10.1. The van der Waals surface area contributed by atoms with Gasteiger partial charge in [0.2, 0.25) is 5.91 Å². The number of hydrogen-bond acceptors (Lipinski definition) is 2. The summed E-state index contributed by atoms with van der Waals surface area (Å²) in [6.45, 7) is 3.31. The van der Waals surface area contributed by atoms with Gasteiger partial charge in [0, 0.05) is 19.5 Å². The number of carbonyl (C=O) groups is 1. The van der Waals surface area contributed by atoms with Crippen LogP contribution in [-0.2, 0) is 4.79 Å². The maximum atomic E-state index is 11.6. The third kappa shape index (κ3) is 2.69. The topological polar surface area (TPSA) is 41.1 Å². The molecule has 2 aromatic carbocycles. The van der Waals surface area contributed by atoms with Gasteiger partial charge in [0.25, 0.3) is 0 Å². The first-order valence-electron chi connectivity index (χ1n) is 7.49. The van der Waals surface area contributed by atoms with E-state index in [1.807, 2.05) is 6.92 Å². The van der Waals surface area contributed by atoms with E-state index in [1.165, 1.54) is 22.3 Å². The van der Waals surface area contributed by atoms with Crippen molar-refractivity contribution in [3.63, 3.8) is 0 Å². The Hall–Kier alpha value is -2.13. The number of fused-ring (bicyclic) bond motifs is 3. The molecule has 1 aliphatic rings. The van der Waals surface area contributed by atoms with Crippen molar-refractivity contribution in [1.29, 1.82) is 0 Å². The Morgan fingerprint density at radius 1 is 1.00 bits per heavy atom. The van der Waals surface area contributed by atoms with E-state index < -0.39 is 0 Å². The van der Waals surface area contributed by atoms with Crippen LogP contribution in [0.4, 0.5) is 0 Å². The standard InChI is InChI=1S/C18H20N2O/c1-2-19-17(21)11-12-20-18-15-9-5-3-7-13(15)14-8-4-6-10-16(14)18/h3-10,18,20H,2,11-12H2,1H3,(H,19,21). The van der Waals surface area contributed by atoms with E-state index in [4.69, 9.17) is 0 Å². The zero-order valence-electron chi connectivity index (χ0n) is 12.2. The highest BCUT2D eigenvalue weighted by Crippen LogP contribution is 2.42. The highest BCUT2D eigenvalue weighted by Gasteiger charge is 2.27. The number of benzene rings is 2. The molecule has 0 saturated carbocycles. The Labute approximate surface area is 125 Å². The van der Waals surface area contributed by atoms with Crippen LogP contribution in [0.1, 0.15) is 30.5 Å². The lowest BCUT2D eigenvalue weighted by Crippen LogP contribution is -2.29. The van der Waals surface area contributed by atoms with Gasteiger partial charge >= 0.3 is 0 Å². The quantitative estimate of drug-likeness (QED) is 0.884. The van der Waals surface area contributed by atoms with Gasteiger partial charge in [-0.2, -0.15) is 0 Å². The van der Waals surface area contributed by atoms with E-state index >= 15 is 0 Å². The molecule has 0 spiro atoms. The van der Waals surface area contributed by atoms with Crippen LogP contribution in [0.5, 0.6) is 0 Å². The summed E-state index contributed by atoms with van der Waals surface area (Å²) in [4.78, 5) is 11.6. The largest absolute Gasteiger partial charge is 0.356 e. The van der Waals surface area contributed by atoms with Crippen molar-refractivity contribution in [2.45, 2.75) is 19.4 Å². The van der Waals surface area contributed by atoms with E-state index in [0.717, 1.165) is 0 Å². The monoisotopic (exact) mass is 280 g/mol. The molecule has 2 N–H and O–H groups in total. The summed E-state index contributed by atoms with van der Waals surface area (Å²) in [7, 11) is 0. The Balaban J connectivity index is 1.78. The fraction of sp³-hybridized carbons (Fsp3) is 0.278. The van der Waals surface area contributed by atoms with Gasteiger partial charge in [-0.15, -0.1) is 0 Å². The molecule has 0 aliphatic heterocycles. The number of hydrogen-bond donors (Lipinski definition) is 2. The second kappa shape index (κ2) is 6.10. The summed E-state index contributed by atoms with van der Waals surface area (Å²) in [5.74, 6) is 0.101. The molecule has 3 heteroatoms. The van der Waals surface area contributed by atoms with Crippen molar-refractivity contribution in [3.05, 3.63) is 59.7 Å². The van der Waals surface area contributed by atoms with Crippen LogP contribution in [0, 0.1) is 0 Å². The highest BCUT2D eigenvalue weighted by atomic mass is 16.1. The third-order valence-corrected chi connectivity index (χ3v) is 3.91. The van der Waals surface area contributed by atoms with Crippen molar-refractivity contribution >= 4 is 5.91 Å². The van der Waals surface area contributed by atoms with Crippen LogP contribution in [0.25, 0.3) is 11.1 Å². The predicted molar refractivity (Wildman–Crippen MR) is 85.0 cm³/mol. The van der Waals surface area contributed by atoms with Gasteiger partial charge in [0.05, 0.1) is 6.04 Å². The normalized spacial score (nSPS) is 12.8. The zero-order chi connectivity index (χ0) is 14.7. The molecule has 1 amide bonds. The van der Waals surface area contributed by atoms with Gasteiger partial charge in [0.1, 0.15) is 0 Å². The molecule has 0 heterocycles. The van der Waals surface area contributed by atoms with E-state index in [-0.39, 0.29) is 11.9 Å². The van der Waals surface area contributed by atoms with Gasteiger partial charge in [0.15, 0.2) is 0 Å². The van der Waals surface area contributed by atoms with Gasteiger partial charge in [-0.25, -0.2) is 0 Å². The van der Waals surface area contributed by atoms with Gasteiger partial charge in [-0.05, 0) is 29.2 Å². The van der Waals surface area contributed by atoms with Crippen LogP contribution in [0.15, 0.2) is 48.5 Å². The maximum absolute atomic E-state index is 11.6. The fourth-order valence-electron chi connectivity index (χ4n) is 2.99. The lowest BCUT2D eigenvalue weighted by Gasteiger charge is -2.15. The first-order chi connectivity index (χ1) is 10.3. The lowest BCUT2D eigenvalue weighted by molar-refractivity contribution is -0.120. The van der Waals surface area contributed by atoms with Crippen molar-refractivity contribution < 1.29 is 4.79 Å². The van der Waals surface area contributed by atoms with E-state index in [2.05, 4.69) is 59.2 Å². The average Bonchev–Trinajstić information content (AvgIpc) is 2.83. The number of nitrogens with one attached hydrogen (secondary N) is 2. The molecule has 3 nitrogen and oxygen atoms in total. The Kier molecular flexibility index (Phi) is 4.02. The Bertz CT molecular complexity index is 606. The molecule has 0 radical (unpaired) electrons. The Morgan fingerprint density at radius 3 is 2.14 bits per heavy atom. The summed E-state index contributed by atoms with van der Waals surface area (Å²) in [5, 5.41) is 6.35. The number of amides is 1. The molecule has 1 aliphatic carbocycles. The summed E-state index contributed by atoms with van der Waals surface area (Å²) in [5.41, 5.74) is 5.19. The number of rotatable bonds is 5. The first kappa shape index (κ1) is 13.8. The van der Waals surface area contributed by atoms with Crippen LogP contribution in [0.3, 0.4) is 0 Å². The van der Waals surface area contributed by atoms with Crippen LogP contribution in [0.2, 0.25) is 0 Å². The van der Waals surface area contributed by atoms with Gasteiger partial charge in [-0.3, -0.25) is 4.79 Å². The minimum Gasteiger partial charge on any atom is -0.356 e. The average molecular weight is 280 g/mol. The minimum atomic E-state index is 0.101. The molecule has 108 valence electrons. The predicted octanol–water partition coefficient (Wildman–Crippen LogP) is 2.87. The summed E-state index contributed by atoms with van der Waals surface area (Å²) in [6, 6.07) is 17.1. The number of carbonyl (C=O) groups excluding carboxylic acids is 1. The van der Waals surface area contributed by atoms with E-state index in [1.54, 1.807) is 0 Å². The third-order valence-electron chi connectivity index (χ3n) is 3.91. The molecule has 0 bridgehead atoms. The molecule has 0 fully saturated rings. The zero-order valence-corrected chi connectivity index (χ0v) is 12.2. The van der Waals surface area contributed by atoms with E-state index in [0.29, 0.717) is 19.5 Å². The van der Waals surface area contributed by atoms with Crippen molar-refractivity contribution in [2.24, 2.45) is 0 Å². The molecule has 3 rings (SSSR count). The van der Waals surface area contributed by atoms with Crippen LogP contribution in [-0.4, -0.2) is 19.0 Å². The molecular formula is C18H20N2O. The molecule has 0 unspecified atom stereocenters. The van der Waals surface area contributed by atoms with Gasteiger partial charge < -0.3 is 10.6 Å². The Morgan fingerprint density at radius 2 is 1.57 bits per heavy atom. The van der Waals surface area contributed by atoms with Crippen molar-refractivity contribution in [2.75, 3.05) is 13.1 Å². The van der Waals surface area contributed by atoms with E-state index in [9.17, 15) is 4.79 Å². The molecule has 0 saturated heterocycles. The second-order valence-electron chi connectivity index (χ2n) is 5.27. The molecule has 0 aromatic heterocycles. The summed E-state index contributed by atoms with van der Waals surface area (Å²) in [6.07, 6.45) is 0.509. The fourth-order valence-corrected chi connectivity index (χ4v) is 2.99. The van der Waals surface area contributed by atoms with Crippen LogP contribution >= 0.6 is 0 Å². The minimum absolute atomic E-state index is 0.101. The molecular weight excluding hydrogens is 260 g/mol. The SMILES string of the molecule is CCNC(=O)CCNC1c2ccccc2-c2ccccc21. The highest BCUT2D eigenvalue weighted by molar-refractivity contribution is 5.78. The molecule has 0 atom stereocenters. The van der Waals surface area contributed by atoms with Crippen LogP contribution < -0.4 is 10.6 Å². The molecule has 2 aromatic rings. The van der Waals surface area contributed by atoms with Crippen molar-refractivity contribution in [1.82, 2.24) is 10.6 Å². The summed E-state index contributed by atoms with van der Waals surface area (Å²) >= 11 is 0. The maximum Gasteiger partial charge on any atom is 0.221 e. The van der Waals surface area contributed by atoms with Crippen molar-refractivity contribution in [3.8, 4) is 11.1 Å². The smallest absolute Gasteiger partial charge is 0.221 e. The van der Waals surface area contributed by atoms with Gasteiger partial charge in [-0.1, -0.05) is 48.5 Å². The first-order valence-corrected chi connectivity index (χ1v) is 7.49. The summed E-state index contributed by atoms with van der Waals surface area (Å²) < 4.78 is 0.